The van der Waals surface area contributed by atoms with Crippen LogP contribution in [-0.4, -0.2) is 13.2 Å². The maximum atomic E-state index is 6.26. The van der Waals surface area contributed by atoms with Crippen LogP contribution in [0.15, 0.2) is 18.2 Å². The fourth-order valence-corrected chi connectivity index (χ4v) is 3.02. The van der Waals surface area contributed by atoms with Gasteiger partial charge in [-0.3, -0.25) is 0 Å². The highest BCUT2D eigenvalue weighted by Crippen LogP contribution is 2.34. The standard InChI is InChI=1S/C17H27NO2/c1-4-13-6-5-7-15(10-13)20-17-11-14(19-3)8-9-16(17)12(2)18/h8-9,11-13,15H,4-7,10,18H2,1-3H3. The van der Waals surface area contributed by atoms with Crippen LogP contribution in [-0.2, 0) is 0 Å². The number of nitrogens with two attached hydrogens (primary N) is 1. The maximum absolute atomic E-state index is 6.26. The zero-order valence-electron chi connectivity index (χ0n) is 12.9. The van der Waals surface area contributed by atoms with Crippen LogP contribution in [0.5, 0.6) is 11.5 Å². The number of hydrogen-bond donors (Lipinski definition) is 1. The molecule has 20 heavy (non-hydrogen) atoms. The molecule has 0 saturated heterocycles. The van der Waals surface area contributed by atoms with Crippen molar-refractivity contribution < 1.29 is 9.47 Å². The molecule has 2 rings (SSSR count). The predicted octanol–water partition coefficient (Wildman–Crippen LogP) is 4.06. The van der Waals surface area contributed by atoms with Crippen molar-refractivity contribution in [2.75, 3.05) is 7.11 Å². The number of methoxy groups -OCH3 is 1. The highest BCUT2D eigenvalue weighted by atomic mass is 16.5. The van der Waals surface area contributed by atoms with Crippen molar-refractivity contribution in [3.05, 3.63) is 23.8 Å². The monoisotopic (exact) mass is 277 g/mol. The Bertz CT molecular complexity index is 431. The van der Waals surface area contributed by atoms with Crippen molar-refractivity contribution in [2.45, 2.75) is 58.1 Å². The zero-order valence-corrected chi connectivity index (χ0v) is 12.9. The quantitative estimate of drug-likeness (QED) is 0.882. The minimum Gasteiger partial charge on any atom is -0.497 e. The molecule has 3 heteroatoms. The summed E-state index contributed by atoms with van der Waals surface area (Å²) in [5.74, 6) is 2.52. The molecule has 0 spiro atoms. The SMILES string of the molecule is CCC1CCCC(Oc2cc(OC)ccc2C(C)N)C1. The molecule has 0 bridgehead atoms. The van der Waals surface area contributed by atoms with E-state index in [1.54, 1.807) is 7.11 Å². The first-order valence-electron chi connectivity index (χ1n) is 7.74. The van der Waals surface area contributed by atoms with Crippen molar-refractivity contribution in [1.29, 1.82) is 0 Å². The average molecular weight is 277 g/mol. The molecule has 0 radical (unpaired) electrons. The molecule has 0 aliphatic heterocycles. The molecule has 3 atom stereocenters. The first kappa shape index (κ1) is 15.2. The fourth-order valence-electron chi connectivity index (χ4n) is 3.02. The number of ether oxygens (including phenoxy) is 2. The van der Waals surface area contributed by atoms with Crippen molar-refractivity contribution in [1.82, 2.24) is 0 Å². The second-order valence-corrected chi connectivity index (χ2v) is 5.87. The Hall–Kier alpha value is -1.22. The minimum absolute atomic E-state index is 0.0264. The summed E-state index contributed by atoms with van der Waals surface area (Å²) >= 11 is 0. The van der Waals surface area contributed by atoms with E-state index in [-0.39, 0.29) is 6.04 Å². The van der Waals surface area contributed by atoms with E-state index in [2.05, 4.69) is 6.92 Å². The van der Waals surface area contributed by atoms with Crippen molar-refractivity contribution >= 4 is 0 Å². The third-order valence-corrected chi connectivity index (χ3v) is 4.32. The Morgan fingerprint density at radius 3 is 2.80 bits per heavy atom. The van der Waals surface area contributed by atoms with E-state index < -0.39 is 0 Å². The van der Waals surface area contributed by atoms with Crippen LogP contribution in [0.1, 0.15) is 57.6 Å². The van der Waals surface area contributed by atoms with Crippen molar-refractivity contribution in [3.8, 4) is 11.5 Å². The molecule has 1 aliphatic carbocycles. The summed E-state index contributed by atoms with van der Waals surface area (Å²) in [5.41, 5.74) is 7.10. The third kappa shape index (κ3) is 3.66. The highest BCUT2D eigenvalue weighted by molar-refractivity contribution is 5.42. The van der Waals surface area contributed by atoms with Gasteiger partial charge in [0.2, 0.25) is 0 Å². The van der Waals surface area contributed by atoms with Gasteiger partial charge in [-0.05, 0) is 38.2 Å². The Morgan fingerprint density at radius 2 is 2.15 bits per heavy atom. The predicted molar refractivity (Wildman–Crippen MR) is 82.3 cm³/mol. The largest absolute Gasteiger partial charge is 0.497 e. The van der Waals surface area contributed by atoms with Gasteiger partial charge < -0.3 is 15.2 Å². The molecule has 0 aromatic heterocycles. The Morgan fingerprint density at radius 1 is 1.35 bits per heavy atom. The lowest BCUT2D eigenvalue weighted by Crippen LogP contribution is -2.26. The Kier molecular flexibility index (Phi) is 5.30. The molecule has 1 aromatic rings. The summed E-state index contributed by atoms with van der Waals surface area (Å²) in [7, 11) is 1.68. The van der Waals surface area contributed by atoms with Gasteiger partial charge in [-0.1, -0.05) is 25.8 Å². The lowest BCUT2D eigenvalue weighted by atomic mass is 9.85. The average Bonchev–Trinajstić information content (AvgIpc) is 2.47. The van der Waals surface area contributed by atoms with E-state index in [1.165, 1.54) is 19.3 Å². The van der Waals surface area contributed by atoms with Crippen LogP contribution in [0.3, 0.4) is 0 Å². The first-order chi connectivity index (χ1) is 9.63. The molecular weight excluding hydrogens is 250 g/mol. The molecule has 1 aliphatic rings. The van der Waals surface area contributed by atoms with Gasteiger partial charge in [-0.15, -0.1) is 0 Å². The van der Waals surface area contributed by atoms with Crippen LogP contribution < -0.4 is 15.2 Å². The molecule has 2 N–H and O–H groups in total. The van der Waals surface area contributed by atoms with Gasteiger partial charge in [-0.2, -0.15) is 0 Å². The van der Waals surface area contributed by atoms with Gasteiger partial charge in [0.15, 0.2) is 0 Å². The van der Waals surface area contributed by atoms with Gasteiger partial charge in [0.25, 0.3) is 0 Å². The molecule has 1 fully saturated rings. The first-order valence-corrected chi connectivity index (χ1v) is 7.74. The summed E-state index contributed by atoms with van der Waals surface area (Å²) in [6.45, 7) is 4.26. The molecule has 0 amide bonds. The molecule has 0 heterocycles. The van der Waals surface area contributed by atoms with Gasteiger partial charge >= 0.3 is 0 Å². The molecule has 3 unspecified atom stereocenters. The smallest absolute Gasteiger partial charge is 0.128 e. The molecule has 1 saturated carbocycles. The molecule has 112 valence electrons. The third-order valence-electron chi connectivity index (χ3n) is 4.32. The van der Waals surface area contributed by atoms with E-state index in [0.29, 0.717) is 6.10 Å². The molecular formula is C17H27NO2. The normalized spacial score (nSPS) is 24.2. The van der Waals surface area contributed by atoms with Crippen LogP contribution >= 0.6 is 0 Å². The Labute approximate surface area is 122 Å². The summed E-state index contributed by atoms with van der Waals surface area (Å²) in [5, 5.41) is 0. The van der Waals surface area contributed by atoms with Crippen LogP contribution in [0, 0.1) is 5.92 Å². The summed E-state index contributed by atoms with van der Waals surface area (Å²) in [4.78, 5) is 0. The van der Waals surface area contributed by atoms with Gasteiger partial charge in [0, 0.05) is 17.7 Å². The van der Waals surface area contributed by atoms with Gasteiger partial charge in [-0.25, -0.2) is 0 Å². The topological polar surface area (TPSA) is 44.5 Å². The summed E-state index contributed by atoms with van der Waals surface area (Å²) in [6, 6.07) is 5.90. The second kappa shape index (κ2) is 6.98. The zero-order chi connectivity index (χ0) is 14.5. The van der Waals surface area contributed by atoms with E-state index in [1.807, 2.05) is 25.1 Å². The van der Waals surface area contributed by atoms with Crippen LogP contribution in [0.4, 0.5) is 0 Å². The lowest BCUT2D eigenvalue weighted by molar-refractivity contribution is 0.120. The number of benzene rings is 1. The van der Waals surface area contributed by atoms with E-state index >= 15 is 0 Å². The van der Waals surface area contributed by atoms with Gasteiger partial charge in [0.05, 0.1) is 13.2 Å². The van der Waals surface area contributed by atoms with Crippen LogP contribution in [0.2, 0.25) is 0 Å². The maximum Gasteiger partial charge on any atom is 0.128 e. The second-order valence-electron chi connectivity index (χ2n) is 5.87. The number of rotatable bonds is 5. The molecule has 1 aromatic carbocycles. The summed E-state index contributed by atoms with van der Waals surface area (Å²) < 4.78 is 11.6. The highest BCUT2D eigenvalue weighted by Gasteiger charge is 2.23. The van der Waals surface area contributed by atoms with E-state index in [4.69, 9.17) is 15.2 Å². The van der Waals surface area contributed by atoms with Crippen LogP contribution in [0.25, 0.3) is 0 Å². The Balaban J connectivity index is 2.14. The lowest BCUT2D eigenvalue weighted by Gasteiger charge is -2.30. The number of hydrogen-bond acceptors (Lipinski definition) is 3. The fraction of sp³-hybridized carbons (Fsp3) is 0.647. The molecule has 3 nitrogen and oxygen atoms in total. The summed E-state index contributed by atoms with van der Waals surface area (Å²) in [6.07, 6.45) is 6.48. The van der Waals surface area contributed by atoms with E-state index in [0.717, 1.165) is 35.8 Å². The minimum atomic E-state index is -0.0264. The van der Waals surface area contributed by atoms with Crippen molar-refractivity contribution in [3.63, 3.8) is 0 Å². The van der Waals surface area contributed by atoms with E-state index in [9.17, 15) is 0 Å². The van der Waals surface area contributed by atoms with Gasteiger partial charge in [0.1, 0.15) is 11.5 Å². The van der Waals surface area contributed by atoms with Crippen molar-refractivity contribution in [2.24, 2.45) is 11.7 Å².